The van der Waals surface area contributed by atoms with Gasteiger partial charge in [-0.15, -0.1) is 0 Å². The zero-order valence-corrected chi connectivity index (χ0v) is 13.8. The minimum Gasteiger partial charge on any atom is -0.320 e. The molecule has 22 heavy (non-hydrogen) atoms. The summed E-state index contributed by atoms with van der Waals surface area (Å²) in [5.74, 6) is 0.361. The van der Waals surface area contributed by atoms with Crippen LogP contribution in [0.3, 0.4) is 0 Å². The summed E-state index contributed by atoms with van der Waals surface area (Å²) in [6.07, 6.45) is 0.991. The van der Waals surface area contributed by atoms with E-state index in [1.165, 1.54) is 10.2 Å². The van der Waals surface area contributed by atoms with E-state index in [0.717, 1.165) is 17.7 Å². The highest BCUT2D eigenvalue weighted by molar-refractivity contribution is 5.32. The molecule has 118 valence electrons. The van der Waals surface area contributed by atoms with Crippen molar-refractivity contribution in [3.05, 3.63) is 63.1 Å². The van der Waals surface area contributed by atoms with Crippen LogP contribution in [0.1, 0.15) is 49.2 Å². The molecule has 4 heteroatoms. The molecule has 2 N–H and O–H groups in total. The van der Waals surface area contributed by atoms with Crippen LogP contribution in [0, 0.1) is 12.8 Å². The molecule has 0 saturated heterocycles. The molecular formula is C18H25N3O. The second kappa shape index (κ2) is 6.88. The Morgan fingerprint density at radius 1 is 1.23 bits per heavy atom. The SMILES string of the molecule is CCc1ccc(C(N)c2cc(C)nn(CC(C)C)c2=O)cc1. The van der Waals surface area contributed by atoms with Crippen molar-refractivity contribution in [1.82, 2.24) is 9.78 Å². The standard InChI is InChI=1S/C18H25N3O/c1-5-14-6-8-15(9-7-14)17(19)16-10-13(4)20-21(18(16)22)11-12(2)3/h6-10,12,17H,5,11,19H2,1-4H3. The Morgan fingerprint density at radius 2 is 1.86 bits per heavy atom. The fraction of sp³-hybridized carbons (Fsp3) is 0.444. The van der Waals surface area contributed by atoms with E-state index in [0.29, 0.717) is 18.0 Å². The van der Waals surface area contributed by atoms with Gasteiger partial charge in [0.15, 0.2) is 0 Å². The molecule has 0 fully saturated rings. The smallest absolute Gasteiger partial charge is 0.271 e. The molecular weight excluding hydrogens is 274 g/mol. The molecule has 1 aromatic heterocycles. The molecule has 0 amide bonds. The molecule has 1 unspecified atom stereocenters. The fourth-order valence-corrected chi connectivity index (χ4v) is 2.53. The number of nitrogens with zero attached hydrogens (tertiary/aromatic N) is 2. The monoisotopic (exact) mass is 299 g/mol. The predicted octanol–water partition coefficient (Wildman–Crippen LogP) is 2.82. The Morgan fingerprint density at radius 3 is 2.41 bits per heavy atom. The van der Waals surface area contributed by atoms with Crippen molar-refractivity contribution >= 4 is 0 Å². The van der Waals surface area contributed by atoms with Crippen molar-refractivity contribution in [2.24, 2.45) is 11.7 Å². The number of hydrogen-bond acceptors (Lipinski definition) is 3. The second-order valence-corrected chi connectivity index (χ2v) is 6.19. The number of hydrogen-bond donors (Lipinski definition) is 1. The first-order valence-corrected chi connectivity index (χ1v) is 7.85. The number of aromatic nitrogens is 2. The summed E-state index contributed by atoms with van der Waals surface area (Å²) in [5.41, 5.74) is 9.89. The van der Waals surface area contributed by atoms with Gasteiger partial charge in [-0.1, -0.05) is 45.0 Å². The summed E-state index contributed by atoms with van der Waals surface area (Å²) in [6, 6.07) is 9.53. The molecule has 4 nitrogen and oxygen atoms in total. The molecule has 0 aliphatic carbocycles. The molecule has 0 radical (unpaired) electrons. The van der Waals surface area contributed by atoms with Crippen molar-refractivity contribution in [2.75, 3.05) is 0 Å². The van der Waals surface area contributed by atoms with Crippen LogP contribution >= 0.6 is 0 Å². The number of benzene rings is 1. The van der Waals surface area contributed by atoms with E-state index < -0.39 is 6.04 Å². The Labute approximate surface area is 132 Å². The van der Waals surface area contributed by atoms with Crippen LogP contribution in [0.5, 0.6) is 0 Å². The average molecular weight is 299 g/mol. The maximum Gasteiger partial charge on any atom is 0.271 e. The third kappa shape index (κ3) is 3.63. The molecule has 0 saturated carbocycles. The molecule has 1 aromatic carbocycles. The largest absolute Gasteiger partial charge is 0.320 e. The lowest BCUT2D eigenvalue weighted by molar-refractivity contribution is 0.456. The molecule has 0 aliphatic rings. The average Bonchev–Trinajstić information content (AvgIpc) is 2.49. The minimum atomic E-state index is -0.418. The zero-order valence-electron chi connectivity index (χ0n) is 13.8. The first-order chi connectivity index (χ1) is 10.4. The van der Waals surface area contributed by atoms with E-state index >= 15 is 0 Å². The Kier molecular flexibility index (Phi) is 5.14. The summed E-state index contributed by atoms with van der Waals surface area (Å²) in [7, 11) is 0. The highest BCUT2D eigenvalue weighted by atomic mass is 16.1. The van der Waals surface area contributed by atoms with Crippen LogP contribution in [0.4, 0.5) is 0 Å². The topological polar surface area (TPSA) is 60.9 Å². The quantitative estimate of drug-likeness (QED) is 0.923. The third-order valence-corrected chi connectivity index (χ3v) is 3.74. The zero-order chi connectivity index (χ0) is 16.3. The Balaban J connectivity index is 2.41. The van der Waals surface area contributed by atoms with Gasteiger partial charge in [-0.3, -0.25) is 4.79 Å². The highest BCUT2D eigenvalue weighted by Gasteiger charge is 2.16. The maximum atomic E-state index is 12.6. The van der Waals surface area contributed by atoms with E-state index in [1.54, 1.807) is 6.07 Å². The lowest BCUT2D eigenvalue weighted by Gasteiger charge is -2.16. The molecule has 2 rings (SSSR count). The first-order valence-electron chi connectivity index (χ1n) is 7.85. The Bertz CT molecular complexity index is 686. The van der Waals surface area contributed by atoms with Crippen molar-refractivity contribution in [3.8, 4) is 0 Å². The number of rotatable bonds is 5. The lowest BCUT2D eigenvalue weighted by Crippen LogP contribution is -2.32. The summed E-state index contributed by atoms with van der Waals surface area (Å²) in [4.78, 5) is 12.6. The van der Waals surface area contributed by atoms with Crippen molar-refractivity contribution in [1.29, 1.82) is 0 Å². The van der Waals surface area contributed by atoms with E-state index in [4.69, 9.17) is 5.73 Å². The van der Waals surface area contributed by atoms with Crippen LogP contribution in [-0.2, 0) is 13.0 Å². The van der Waals surface area contributed by atoms with Gasteiger partial charge >= 0.3 is 0 Å². The van der Waals surface area contributed by atoms with Crippen LogP contribution in [-0.4, -0.2) is 9.78 Å². The second-order valence-electron chi connectivity index (χ2n) is 6.19. The third-order valence-electron chi connectivity index (χ3n) is 3.74. The molecule has 0 bridgehead atoms. The molecule has 1 heterocycles. The van der Waals surface area contributed by atoms with Crippen molar-refractivity contribution < 1.29 is 0 Å². The minimum absolute atomic E-state index is 0.0913. The van der Waals surface area contributed by atoms with Crippen LogP contribution < -0.4 is 11.3 Å². The van der Waals surface area contributed by atoms with Crippen molar-refractivity contribution in [2.45, 2.75) is 46.7 Å². The molecule has 2 aromatic rings. The van der Waals surface area contributed by atoms with E-state index in [1.807, 2.05) is 19.1 Å². The highest BCUT2D eigenvalue weighted by Crippen LogP contribution is 2.18. The van der Waals surface area contributed by atoms with Gasteiger partial charge in [0, 0.05) is 12.1 Å². The van der Waals surface area contributed by atoms with E-state index in [9.17, 15) is 4.79 Å². The number of nitrogens with two attached hydrogens (primary N) is 1. The van der Waals surface area contributed by atoms with Crippen LogP contribution in [0.25, 0.3) is 0 Å². The van der Waals surface area contributed by atoms with Gasteiger partial charge in [-0.05, 0) is 36.5 Å². The normalized spacial score (nSPS) is 12.6. The van der Waals surface area contributed by atoms with E-state index in [-0.39, 0.29) is 5.56 Å². The first kappa shape index (κ1) is 16.4. The van der Waals surface area contributed by atoms with Gasteiger partial charge in [0.05, 0.1) is 11.7 Å². The summed E-state index contributed by atoms with van der Waals surface area (Å²) in [6.45, 7) is 8.76. The molecule has 0 aliphatic heterocycles. The van der Waals surface area contributed by atoms with Crippen molar-refractivity contribution in [3.63, 3.8) is 0 Å². The van der Waals surface area contributed by atoms with Gasteiger partial charge in [0.1, 0.15) is 0 Å². The lowest BCUT2D eigenvalue weighted by atomic mass is 9.99. The molecule has 1 atom stereocenters. The van der Waals surface area contributed by atoms with Gasteiger partial charge in [0.25, 0.3) is 5.56 Å². The van der Waals surface area contributed by atoms with Crippen LogP contribution in [0.15, 0.2) is 35.1 Å². The fourth-order valence-electron chi connectivity index (χ4n) is 2.53. The van der Waals surface area contributed by atoms with E-state index in [2.05, 4.69) is 38.0 Å². The van der Waals surface area contributed by atoms with Crippen LogP contribution in [0.2, 0.25) is 0 Å². The van der Waals surface area contributed by atoms with Gasteiger partial charge in [0.2, 0.25) is 0 Å². The maximum absolute atomic E-state index is 12.6. The van der Waals surface area contributed by atoms with Gasteiger partial charge < -0.3 is 5.73 Å². The summed E-state index contributed by atoms with van der Waals surface area (Å²) >= 11 is 0. The molecule has 0 spiro atoms. The van der Waals surface area contributed by atoms with Gasteiger partial charge in [-0.25, -0.2) is 4.68 Å². The Hall–Kier alpha value is -1.94. The predicted molar refractivity (Wildman–Crippen MR) is 89.9 cm³/mol. The summed E-state index contributed by atoms with van der Waals surface area (Å²) in [5, 5.41) is 4.33. The summed E-state index contributed by atoms with van der Waals surface area (Å²) < 4.78 is 1.54. The van der Waals surface area contributed by atoms with Gasteiger partial charge in [-0.2, -0.15) is 5.10 Å². The number of aryl methyl sites for hydroxylation is 2.